The second-order valence-corrected chi connectivity index (χ2v) is 3.28. The summed E-state index contributed by atoms with van der Waals surface area (Å²) in [7, 11) is 1.71. The number of fused-ring (bicyclic) bond motifs is 1. The van der Waals surface area contributed by atoms with Gasteiger partial charge in [-0.25, -0.2) is 0 Å². The van der Waals surface area contributed by atoms with Crippen LogP contribution < -0.4 is 5.32 Å². The molecular formula is C9H9F3N4. The van der Waals surface area contributed by atoms with Crippen LogP contribution in [0.25, 0.3) is 5.65 Å². The maximum atomic E-state index is 12.5. The van der Waals surface area contributed by atoms with Crippen LogP contribution in [0.1, 0.15) is 11.4 Å². The summed E-state index contributed by atoms with van der Waals surface area (Å²) >= 11 is 0. The van der Waals surface area contributed by atoms with Crippen molar-refractivity contribution in [3.63, 3.8) is 0 Å². The average molecular weight is 230 g/mol. The van der Waals surface area contributed by atoms with Crippen molar-refractivity contribution in [2.75, 3.05) is 7.05 Å². The van der Waals surface area contributed by atoms with Crippen molar-refractivity contribution >= 4 is 5.65 Å². The second-order valence-electron chi connectivity index (χ2n) is 3.28. The van der Waals surface area contributed by atoms with Crippen molar-refractivity contribution in [3.05, 3.63) is 29.7 Å². The minimum Gasteiger partial charge on any atom is -0.316 e. The predicted octanol–water partition coefficient (Wildman–Crippen LogP) is 1.47. The Labute approximate surface area is 89.1 Å². The number of halogens is 3. The van der Waals surface area contributed by atoms with E-state index in [0.717, 1.165) is 4.40 Å². The van der Waals surface area contributed by atoms with Crippen LogP contribution in [-0.4, -0.2) is 21.6 Å². The standard InChI is InChI=1S/C9H9F3N4/c1-13-5-6-3-2-4-16-7(6)14-15-8(16)9(10,11)12/h2-4,13H,5H2,1H3. The van der Waals surface area contributed by atoms with Crippen molar-refractivity contribution in [2.24, 2.45) is 0 Å². The maximum absolute atomic E-state index is 12.5. The van der Waals surface area contributed by atoms with Crippen molar-refractivity contribution in [3.8, 4) is 0 Å². The molecule has 0 aliphatic rings. The van der Waals surface area contributed by atoms with E-state index < -0.39 is 12.0 Å². The Hall–Kier alpha value is -1.63. The molecule has 86 valence electrons. The third-order valence-electron chi connectivity index (χ3n) is 2.14. The first-order valence-corrected chi connectivity index (χ1v) is 4.58. The predicted molar refractivity (Wildman–Crippen MR) is 50.8 cm³/mol. The molecule has 0 aromatic carbocycles. The molecule has 7 heteroatoms. The summed E-state index contributed by atoms with van der Waals surface area (Å²) in [5.74, 6) is -1.000. The van der Waals surface area contributed by atoms with Gasteiger partial charge in [-0.15, -0.1) is 10.2 Å². The molecule has 0 radical (unpaired) electrons. The summed E-state index contributed by atoms with van der Waals surface area (Å²) in [5, 5.41) is 9.59. The van der Waals surface area contributed by atoms with E-state index in [1.807, 2.05) is 0 Å². The highest BCUT2D eigenvalue weighted by Gasteiger charge is 2.37. The SMILES string of the molecule is CNCc1cccn2c(C(F)(F)F)nnc12. The normalized spacial score (nSPS) is 12.2. The number of aromatic nitrogens is 3. The Morgan fingerprint density at radius 1 is 1.38 bits per heavy atom. The lowest BCUT2D eigenvalue weighted by atomic mass is 10.2. The molecular weight excluding hydrogens is 221 g/mol. The van der Waals surface area contributed by atoms with Gasteiger partial charge in [0.15, 0.2) is 5.65 Å². The van der Waals surface area contributed by atoms with E-state index in [0.29, 0.717) is 12.1 Å². The smallest absolute Gasteiger partial charge is 0.316 e. The zero-order chi connectivity index (χ0) is 11.8. The highest BCUT2D eigenvalue weighted by atomic mass is 19.4. The van der Waals surface area contributed by atoms with Gasteiger partial charge in [-0.1, -0.05) is 6.07 Å². The molecule has 16 heavy (non-hydrogen) atoms. The Morgan fingerprint density at radius 2 is 2.12 bits per heavy atom. The number of hydrogen-bond donors (Lipinski definition) is 1. The van der Waals surface area contributed by atoms with Crippen LogP contribution in [0.5, 0.6) is 0 Å². The zero-order valence-electron chi connectivity index (χ0n) is 8.41. The van der Waals surface area contributed by atoms with Crippen molar-refractivity contribution in [2.45, 2.75) is 12.7 Å². The van der Waals surface area contributed by atoms with Gasteiger partial charge in [0.1, 0.15) is 0 Å². The third-order valence-corrected chi connectivity index (χ3v) is 2.14. The molecule has 0 unspecified atom stereocenters. The van der Waals surface area contributed by atoms with Gasteiger partial charge in [-0.05, 0) is 13.1 Å². The lowest BCUT2D eigenvalue weighted by Gasteiger charge is -2.05. The fourth-order valence-electron chi connectivity index (χ4n) is 1.49. The summed E-state index contributed by atoms with van der Waals surface area (Å²) in [6.45, 7) is 0.445. The molecule has 2 aromatic rings. The van der Waals surface area contributed by atoms with E-state index >= 15 is 0 Å². The number of nitrogens with zero attached hydrogens (tertiary/aromatic N) is 3. The van der Waals surface area contributed by atoms with E-state index in [-0.39, 0.29) is 5.65 Å². The first-order valence-electron chi connectivity index (χ1n) is 4.58. The van der Waals surface area contributed by atoms with Crippen LogP contribution in [0.15, 0.2) is 18.3 Å². The minimum atomic E-state index is -4.49. The van der Waals surface area contributed by atoms with Crippen LogP contribution in [0, 0.1) is 0 Å². The van der Waals surface area contributed by atoms with E-state index in [4.69, 9.17) is 0 Å². The first-order chi connectivity index (χ1) is 7.54. The molecule has 2 rings (SSSR count). The number of rotatable bonds is 2. The quantitative estimate of drug-likeness (QED) is 0.849. The third kappa shape index (κ3) is 1.73. The average Bonchev–Trinajstić information content (AvgIpc) is 2.62. The lowest BCUT2D eigenvalue weighted by molar-refractivity contribution is -0.145. The zero-order valence-corrected chi connectivity index (χ0v) is 8.41. The summed E-state index contributed by atoms with van der Waals surface area (Å²) in [6, 6.07) is 3.25. The van der Waals surface area contributed by atoms with Crippen molar-refractivity contribution in [1.82, 2.24) is 19.9 Å². The van der Waals surface area contributed by atoms with Gasteiger partial charge in [0, 0.05) is 18.3 Å². The molecule has 0 spiro atoms. The highest BCUT2D eigenvalue weighted by Crippen LogP contribution is 2.28. The molecule has 0 fully saturated rings. The van der Waals surface area contributed by atoms with Gasteiger partial charge in [-0.3, -0.25) is 4.40 Å². The number of nitrogens with one attached hydrogen (secondary N) is 1. The van der Waals surface area contributed by atoms with Gasteiger partial charge >= 0.3 is 6.18 Å². The Balaban J connectivity index is 2.62. The van der Waals surface area contributed by atoms with E-state index in [1.165, 1.54) is 12.3 Å². The molecule has 0 atom stereocenters. The number of hydrogen-bond acceptors (Lipinski definition) is 3. The molecule has 0 saturated carbocycles. The first kappa shape index (κ1) is 10.9. The number of pyridine rings is 1. The molecule has 0 saturated heterocycles. The maximum Gasteiger partial charge on any atom is 0.452 e. The molecule has 2 aromatic heterocycles. The molecule has 4 nitrogen and oxygen atoms in total. The number of alkyl halides is 3. The van der Waals surface area contributed by atoms with Crippen LogP contribution >= 0.6 is 0 Å². The fraction of sp³-hybridized carbons (Fsp3) is 0.333. The fourth-order valence-corrected chi connectivity index (χ4v) is 1.49. The van der Waals surface area contributed by atoms with Gasteiger partial charge in [-0.2, -0.15) is 13.2 Å². The monoisotopic (exact) mass is 230 g/mol. The Morgan fingerprint density at radius 3 is 2.75 bits per heavy atom. The molecule has 2 heterocycles. The summed E-state index contributed by atoms with van der Waals surface area (Å²) in [4.78, 5) is 0. The van der Waals surface area contributed by atoms with Gasteiger partial charge in [0.05, 0.1) is 0 Å². The minimum absolute atomic E-state index is 0.226. The van der Waals surface area contributed by atoms with Gasteiger partial charge in [0.25, 0.3) is 0 Å². The molecule has 0 aliphatic heterocycles. The summed E-state index contributed by atoms with van der Waals surface area (Å²) < 4.78 is 38.5. The largest absolute Gasteiger partial charge is 0.452 e. The van der Waals surface area contributed by atoms with Crippen LogP contribution in [-0.2, 0) is 12.7 Å². The molecule has 0 amide bonds. The van der Waals surface area contributed by atoms with E-state index in [1.54, 1.807) is 13.1 Å². The van der Waals surface area contributed by atoms with E-state index in [2.05, 4.69) is 15.5 Å². The van der Waals surface area contributed by atoms with Crippen molar-refractivity contribution in [1.29, 1.82) is 0 Å². The van der Waals surface area contributed by atoms with Crippen molar-refractivity contribution < 1.29 is 13.2 Å². The summed E-state index contributed by atoms with van der Waals surface area (Å²) in [6.07, 6.45) is -3.19. The van der Waals surface area contributed by atoms with Crippen LogP contribution in [0.4, 0.5) is 13.2 Å². The van der Waals surface area contributed by atoms with Gasteiger partial charge in [0.2, 0.25) is 5.82 Å². The second kappa shape index (κ2) is 3.75. The van der Waals surface area contributed by atoms with Crippen LogP contribution in [0.3, 0.4) is 0 Å². The van der Waals surface area contributed by atoms with E-state index in [9.17, 15) is 13.2 Å². The lowest BCUT2D eigenvalue weighted by Crippen LogP contribution is -2.11. The Bertz CT molecular complexity index is 503. The molecule has 1 N–H and O–H groups in total. The molecule has 0 aliphatic carbocycles. The Kier molecular flexibility index (Phi) is 2.55. The highest BCUT2D eigenvalue weighted by molar-refractivity contribution is 5.47. The molecule has 0 bridgehead atoms. The van der Waals surface area contributed by atoms with Crippen LogP contribution in [0.2, 0.25) is 0 Å². The topological polar surface area (TPSA) is 42.2 Å². The summed E-state index contributed by atoms with van der Waals surface area (Å²) in [5.41, 5.74) is 0.900. The van der Waals surface area contributed by atoms with Gasteiger partial charge < -0.3 is 5.32 Å².